The minimum atomic E-state index is -0.136. The third-order valence-corrected chi connectivity index (χ3v) is 12.0. The minimum absolute atomic E-state index is 0.136. The van der Waals surface area contributed by atoms with Crippen molar-refractivity contribution in [2.45, 2.75) is 32.1 Å². The molecule has 8 aromatic carbocycles. The number of fused-ring (bicyclic) bond motifs is 7. The normalized spacial score (nSPS) is 14.8. The number of nitrogens with zero attached hydrogens (tertiary/aromatic N) is 2. The highest BCUT2D eigenvalue weighted by atomic mass is 15.1. The molecule has 2 aliphatic rings. The Bertz CT molecular complexity index is 2950. The predicted octanol–water partition coefficient (Wildman–Crippen LogP) is 14.2. The monoisotopic (exact) mass is 678 g/mol. The first kappa shape index (κ1) is 30.3. The molecule has 0 unspecified atom stereocenters. The molecule has 0 fully saturated rings. The van der Waals surface area contributed by atoms with Crippen molar-refractivity contribution in [2.24, 2.45) is 0 Å². The number of benzene rings is 8. The summed E-state index contributed by atoms with van der Waals surface area (Å²) >= 11 is 0. The summed E-state index contributed by atoms with van der Waals surface area (Å²) in [6.45, 7) is 4.85. The van der Waals surface area contributed by atoms with Crippen LogP contribution in [0.25, 0.3) is 70.9 Å². The van der Waals surface area contributed by atoms with Gasteiger partial charge in [0.15, 0.2) is 0 Å². The van der Waals surface area contributed by atoms with E-state index in [0.717, 1.165) is 18.5 Å². The third-order valence-electron chi connectivity index (χ3n) is 12.0. The first-order chi connectivity index (χ1) is 26.0. The van der Waals surface area contributed by atoms with Crippen LogP contribution in [-0.4, -0.2) is 4.57 Å². The van der Waals surface area contributed by atoms with Crippen molar-refractivity contribution in [3.05, 3.63) is 181 Å². The molecule has 252 valence electrons. The minimum Gasteiger partial charge on any atom is -0.312 e. The van der Waals surface area contributed by atoms with Crippen molar-refractivity contribution in [1.82, 2.24) is 4.57 Å². The van der Waals surface area contributed by atoms with Gasteiger partial charge in [0.2, 0.25) is 0 Å². The van der Waals surface area contributed by atoms with Crippen molar-refractivity contribution in [1.29, 1.82) is 0 Å². The highest BCUT2D eigenvalue weighted by molar-refractivity contribution is 6.16. The molecule has 0 spiro atoms. The van der Waals surface area contributed by atoms with Gasteiger partial charge in [-0.1, -0.05) is 135 Å². The van der Waals surface area contributed by atoms with Gasteiger partial charge in [-0.05, 0) is 105 Å². The van der Waals surface area contributed by atoms with Crippen LogP contribution in [0.3, 0.4) is 0 Å². The summed E-state index contributed by atoms with van der Waals surface area (Å²) in [5.41, 5.74) is 12.8. The molecule has 0 saturated carbocycles. The van der Waals surface area contributed by atoms with E-state index in [-0.39, 0.29) is 5.41 Å². The maximum atomic E-state index is 2.61. The van der Waals surface area contributed by atoms with E-state index < -0.39 is 0 Å². The number of anilines is 3. The Kier molecular flexibility index (Phi) is 6.46. The summed E-state index contributed by atoms with van der Waals surface area (Å²) in [5.74, 6) is 0. The number of allylic oxidation sites excluding steroid dienone is 4. The van der Waals surface area contributed by atoms with Crippen molar-refractivity contribution < 1.29 is 0 Å². The lowest BCUT2D eigenvalue weighted by molar-refractivity contribution is 0.624. The van der Waals surface area contributed by atoms with E-state index in [1.54, 1.807) is 0 Å². The van der Waals surface area contributed by atoms with Crippen molar-refractivity contribution in [2.75, 3.05) is 4.90 Å². The first-order valence-corrected chi connectivity index (χ1v) is 18.8. The van der Waals surface area contributed by atoms with Gasteiger partial charge in [-0.3, -0.25) is 0 Å². The maximum Gasteiger partial charge on any atom is 0.0579 e. The second kappa shape index (κ2) is 11.3. The Hall–Kier alpha value is -6.38. The molecule has 0 bridgehead atoms. The maximum absolute atomic E-state index is 2.61. The van der Waals surface area contributed by atoms with Gasteiger partial charge in [-0.25, -0.2) is 0 Å². The van der Waals surface area contributed by atoms with Crippen molar-refractivity contribution >= 4 is 76.9 Å². The van der Waals surface area contributed by atoms with E-state index in [0.29, 0.717) is 0 Å². The fraction of sp³-hybridized carbons (Fsp3) is 0.0980. The largest absolute Gasteiger partial charge is 0.312 e. The van der Waals surface area contributed by atoms with Gasteiger partial charge in [0.25, 0.3) is 0 Å². The average Bonchev–Trinajstić information content (AvgIpc) is 3.54. The molecule has 0 saturated heterocycles. The van der Waals surface area contributed by atoms with Crippen LogP contribution in [0.15, 0.2) is 175 Å². The molecule has 53 heavy (non-hydrogen) atoms. The van der Waals surface area contributed by atoms with Gasteiger partial charge < -0.3 is 9.47 Å². The zero-order valence-electron chi connectivity index (χ0n) is 30.0. The van der Waals surface area contributed by atoms with Crippen molar-refractivity contribution in [3.63, 3.8) is 0 Å². The summed E-state index contributed by atoms with van der Waals surface area (Å²) < 4.78 is 2.61. The van der Waals surface area contributed by atoms with Gasteiger partial charge in [-0.15, -0.1) is 0 Å². The highest BCUT2D eigenvalue weighted by Crippen LogP contribution is 2.52. The Morgan fingerprint density at radius 2 is 1.19 bits per heavy atom. The first-order valence-electron chi connectivity index (χ1n) is 18.8. The van der Waals surface area contributed by atoms with Crippen LogP contribution in [0.4, 0.5) is 17.1 Å². The Labute approximate surface area is 309 Å². The van der Waals surface area contributed by atoms with Gasteiger partial charge >= 0.3 is 0 Å². The van der Waals surface area contributed by atoms with Gasteiger partial charge in [0.1, 0.15) is 0 Å². The number of aromatic nitrogens is 1. The molecule has 0 N–H and O–H groups in total. The van der Waals surface area contributed by atoms with Gasteiger partial charge in [0.05, 0.1) is 22.4 Å². The zero-order chi connectivity index (χ0) is 35.3. The van der Waals surface area contributed by atoms with Crippen LogP contribution in [-0.2, 0) is 5.41 Å². The molecule has 2 heteroatoms. The molecule has 1 aromatic heterocycles. The molecule has 1 aliphatic carbocycles. The standard InChI is InChI=1S/C51H38N2/c1-51(2)44-21-9-10-22-49(44)53-48-28-27-39(32-42(48)43-30-38(31-45(51)50(43)53)37-26-25-33-13-3-4-16-36(33)29-37)52(46-23-11-17-34-14-5-7-19-40(34)46)47-24-12-18-35-15-6-8-20-41(35)47/h3-9,11-21,23-32H,10,22H2,1-2H3. The predicted molar refractivity (Wildman–Crippen MR) is 227 cm³/mol. The Morgan fingerprint density at radius 3 is 1.92 bits per heavy atom. The second-order valence-electron chi connectivity index (χ2n) is 15.3. The Morgan fingerprint density at radius 1 is 0.528 bits per heavy atom. The zero-order valence-corrected chi connectivity index (χ0v) is 30.0. The fourth-order valence-corrected chi connectivity index (χ4v) is 9.38. The van der Waals surface area contributed by atoms with Crippen LogP contribution < -0.4 is 4.90 Å². The molecule has 9 aromatic rings. The summed E-state index contributed by atoms with van der Waals surface area (Å²) in [5, 5.41) is 10.1. The lowest BCUT2D eigenvalue weighted by atomic mass is 9.72. The molecule has 2 heterocycles. The van der Waals surface area contributed by atoms with Crippen LogP contribution in [0.1, 0.15) is 32.3 Å². The molecule has 2 nitrogen and oxygen atoms in total. The van der Waals surface area contributed by atoms with Crippen LogP contribution in [0.5, 0.6) is 0 Å². The average molecular weight is 679 g/mol. The number of rotatable bonds is 4. The molecule has 0 amide bonds. The van der Waals surface area contributed by atoms with E-state index in [2.05, 4.69) is 193 Å². The Balaban J connectivity index is 1.23. The highest BCUT2D eigenvalue weighted by Gasteiger charge is 2.37. The van der Waals surface area contributed by atoms with E-state index in [1.807, 2.05) is 0 Å². The quantitative estimate of drug-likeness (QED) is 0.180. The van der Waals surface area contributed by atoms with E-state index in [1.165, 1.54) is 93.5 Å². The second-order valence-corrected chi connectivity index (χ2v) is 15.3. The van der Waals surface area contributed by atoms with Crippen LogP contribution >= 0.6 is 0 Å². The SMILES string of the molecule is CC1(C)C2=C(CCC=C2)n2c3ccc(N(c4cccc5ccccc45)c4cccc5ccccc45)cc3c3cc(-c4ccc5ccccc5c4)cc1c32. The molecular weight excluding hydrogens is 641 g/mol. The van der Waals surface area contributed by atoms with E-state index >= 15 is 0 Å². The fourth-order valence-electron chi connectivity index (χ4n) is 9.38. The lowest BCUT2D eigenvalue weighted by Crippen LogP contribution is -2.27. The summed E-state index contributed by atoms with van der Waals surface area (Å²) in [6.07, 6.45) is 6.87. The molecule has 0 atom stereocenters. The smallest absolute Gasteiger partial charge is 0.0579 e. The molecule has 11 rings (SSSR count). The van der Waals surface area contributed by atoms with Gasteiger partial charge in [0, 0.05) is 38.3 Å². The summed E-state index contributed by atoms with van der Waals surface area (Å²) in [7, 11) is 0. The van der Waals surface area contributed by atoms with Crippen LogP contribution in [0.2, 0.25) is 0 Å². The summed E-state index contributed by atoms with van der Waals surface area (Å²) in [6, 6.07) is 58.6. The van der Waals surface area contributed by atoms with E-state index in [9.17, 15) is 0 Å². The molecule has 1 aliphatic heterocycles. The van der Waals surface area contributed by atoms with Crippen molar-refractivity contribution in [3.8, 4) is 11.1 Å². The van der Waals surface area contributed by atoms with Crippen LogP contribution in [0, 0.1) is 0 Å². The van der Waals surface area contributed by atoms with E-state index in [4.69, 9.17) is 0 Å². The molecule has 0 radical (unpaired) electrons. The number of hydrogen-bond donors (Lipinski definition) is 0. The third kappa shape index (κ3) is 4.45. The summed E-state index contributed by atoms with van der Waals surface area (Å²) in [4.78, 5) is 2.49. The lowest BCUT2D eigenvalue weighted by Gasteiger charge is -2.37. The van der Waals surface area contributed by atoms with Gasteiger partial charge in [-0.2, -0.15) is 0 Å². The topological polar surface area (TPSA) is 8.17 Å². The number of hydrogen-bond acceptors (Lipinski definition) is 1. The molecular formula is C51H38N2.